The molecule has 3 fully saturated rings. The number of benzene rings is 1. The van der Waals surface area contributed by atoms with Crippen LogP contribution in [-0.4, -0.2) is 49.2 Å². The maximum Gasteiger partial charge on any atom is 0.311 e. The zero-order chi connectivity index (χ0) is 21.8. The topological polar surface area (TPSA) is 32.8 Å². The Labute approximate surface area is 187 Å². The first-order valence-corrected chi connectivity index (χ1v) is 12.3. The molecule has 2 aliphatic carbocycles. The molecule has 0 N–H and O–H groups in total. The summed E-state index contributed by atoms with van der Waals surface area (Å²) in [6.07, 6.45) is 7.42. The van der Waals surface area contributed by atoms with E-state index in [1.54, 1.807) is 5.57 Å². The first-order chi connectivity index (χ1) is 14.8. The third-order valence-corrected chi connectivity index (χ3v) is 8.58. The molecule has 0 spiro atoms. The standard InChI is InChI=1S/C27H38N2O2/c1-18-7-5-9-21(13-18)29-12-11-28(16-20(29)3)17-23-22-14-24-19(2)8-6-10-27(24,4)15-25(22)31-26(23)30/h5,7,9,13-14,19-20,22-23,25H,6,8,10-12,15-17H2,1-4H3/t19-,20+,22-,23-,25+,27-/m0/s1. The molecule has 2 saturated heterocycles. The monoisotopic (exact) mass is 422 g/mol. The van der Waals surface area contributed by atoms with Gasteiger partial charge in [0.2, 0.25) is 0 Å². The van der Waals surface area contributed by atoms with E-state index in [0.717, 1.165) is 32.6 Å². The lowest BCUT2D eigenvalue weighted by atomic mass is 9.59. The second-order valence-electron chi connectivity index (χ2n) is 11.0. The summed E-state index contributed by atoms with van der Waals surface area (Å²) in [7, 11) is 0. The minimum absolute atomic E-state index is 0.00565. The highest BCUT2D eigenvalue weighted by molar-refractivity contribution is 5.76. The number of ether oxygens (including phenoxy) is 1. The Morgan fingerprint density at radius 3 is 2.84 bits per heavy atom. The van der Waals surface area contributed by atoms with Crippen molar-refractivity contribution in [2.45, 2.75) is 65.5 Å². The second-order valence-corrected chi connectivity index (χ2v) is 11.0. The summed E-state index contributed by atoms with van der Waals surface area (Å²) in [6.45, 7) is 13.1. The minimum Gasteiger partial charge on any atom is -0.461 e. The molecule has 5 rings (SSSR count). The van der Waals surface area contributed by atoms with Gasteiger partial charge in [-0.05, 0) is 62.1 Å². The molecule has 168 valence electrons. The Bertz CT molecular complexity index is 880. The van der Waals surface area contributed by atoms with Gasteiger partial charge in [-0.1, -0.05) is 44.1 Å². The van der Waals surface area contributed by atoms with Gasteiger partial charge in [-0.25, -0.2) is 0 Å². The molecule has 0 radical (unpaired) electrons. The van der Waals surface area contributed by atoms with Gasteiger partial charge in [-0.15, -0.1) is 0 Å². The fourth-order valence-electron chi connectivity index (χ4n) is 6.93. The predicted molar refractivity (Wildman–Crippen MR) is 125 cm³/mol. The zero-order valence-electron chi connectivity index (χ0n) is 19.6. The van der Waals surface area contributed by atoms with E-state index in [1.165, 1.54) is 30.5 Å². The molecule has 0 amide bonds. The molecular formula is C27H38N2O2. The van der Waals surface area contributed by atoms with Crippen molar-refractivity contribution in [2.75, 3.05) is 31.1 Å². The molecule has 4 nitrogen and oxygen atoms in total. The highest BCUT2D eigenvalue weighted by atomic mass is 16.6. The van der Waals surface area contributed by atoms with Crippen molar-refractivity contribution in [3.8, 4) is 0 Å². The predicted octanol–water partition coefficient (Wildman–Crippen LogP) is 4.82. The number of fused-ring (bicyclic) bond motifs is 2. The molecule has 0 bridgehead atoms. The highest BCUT2D eigenvalue weighted by Gasteiger charge is 2.52. The van der Waals surface area contributed by atoms with E-state index in [0.29, 0.717) is 12.0 Å². The number of nitrogens with zero attached hydrogens (tertiary/aromatic N) is 2. The number of anilines is 1. The first kappa shape index (κ1) is 21.1. The summed E-state index contributed by atoms with van der Waals surface area (Å²) in [5, 5.41) is 0. The van der Waals surface area contributed by atoms with Gasteiger partial charge in [-0.3, -0.25) is 9.69 Å². The Balaban J connectivity index is 1.29. The Hall–Kier alpha value is -1.81. The van der Waals surface area contributed by atoms with E-state index in [2.05, 4.69) is 67.8 Å². The van der Waals surface area contributed by atoms with Gasteiger partial charge in [0.1, 0.15) is 6.10 Å². The first-order valence-electron chi connectivity index (χ1n) is 12.3. The van der Waals surface area contributed by atoms with Crippen LogP contribution in [-0.2, 0) is 9.53 Å². The molecule has 1 saturated carbocycles. The molecule has 4 heteroatoms. The summed E-state index contributed by atoms with van der Waals surface area (Å²) >= 11 is 0. The lowest BCUT2D eigenvalue weighted by molar-refractivity contribution is -0.145. The lowest BCUT2D eigenvalue weighted by Crippen LogP contribution is -2.53. The number of piperazine rings is 1. The van der Waals surface area contributed by atoms with Gasteiger partial charge in [-0.2, -0.15) is 0 Å². The van der Waals surface area contributed by atoms with Crippen LogP contribution in [0.4, 0.5) is 5.69 Å². The normalized spacial score (nSPS) is 38.3. The fraction of sp³-hybridized carbons (Fsp3) is 0.667. The molecular weight excluding hydrogens is 384 g/mol. The molecule has 2 aliphatic heterocycles. The number of allylic oxidation sites excluding steroid dienone is 1. The molecule has 6 atom stereocenters. The smallest absolute Gasteiger partial charge is 0.311 e. The summed E-state index contributed by atoms with van der Waals surface area (Å²) in [5.74, 6) is 0.944. The summed E-state index contributed by atoms with van der Waals surface area (Å²) in [6, 6.07) is 9.24. The highest BCUT2D eigenvalue weighted by Crippen LogP contribution is 2.54. The minimum atomic E-state index is -0.00565. The maximum absolute atomic E-state index is 12.9. The van der Waals surface area contributed by atoms with Crippen molar-refractivity contribution in [3.63, 3.8) is 0 Å². The fourth-order valence-corrected chi connectivity index (χ4v) is 6.93. The number of hydrogen-bond donors (Lipinski definition) is 0. The number of carbonyl (C=O) groups is 1. The SMILES string of the molecule is Cc1cccc(N2CCN(C[C@@H]3C(=O)O[C@@H]4C[C@]5(C)CCC[C@H](C)C5=C[C@@H]34)C[C@H]2C)c1. The third-order valence-electron chi connectivity index (χ3n) is 8.58. The van der Waals surface area contributed by atoms with Crippen LogP contribution in [0, 0.1) is 30.1 Å². The van der Waals surface area contributed by atoms with Crippen LogP contribution in [0.15, 0.2) is 35.9 Å². The van der Waals surface area contributed by atoms with Gasteiger partial charge in [0.15, 0.2) is 0 Å². The number of esters is 1. The number of rotatable bonds is 3. The van der Waals surface area contributed by atoms with Gasteiger partial charge in [0.25, 0.3) is 0 Å². The van der Waals surface area contributed by atoms with Gasteiger partial charge < -0.3 is 9.64 Å². The van der Waals surface area contributed by atoms with E-state index >= 15 is 0 Å². The van der Waals surface area contributed by atoms with E-state index in [9.17, 15) is 4.79 Å². The van der Waals surface area contributed by atoms with Crippen LogP contribution in [0.1, 0.15) is 52.0 Å². The average Bonchev–Trinajstić information content (AvgIpc) is 3.00. The molecule has 31 heavy (non-hydrogen) atoms. The number of carbonyl (C=O) groups excluding carboxylic acids is 1. The van der Waals surface area contributed by atoms with Gasteiger partial charge in [0.05, 0.1) is 5.92 Å². The van der Waals surface area contributed by atoms with Gasteiger partial charge in [0, 0.05) is 43.8 Å². The number of hydrogen-bond acceptors (Lipinski definition) is 4. The van der Waals surface area contributed by atoms with Crippen LogP contribution in [0.5, 0.6) is 0 Å². The van der Waals surface area contributed by atoms with Crippen molar-refractivity contribution >= 4 is 11.7 Å². The molecule has 4 aliphatic rings. The second kappa shape index (κ2) is 7.95. The maximum atomic E-state index is 12.9. The molecule has 1 aromatic rings. The van der Waals surface area contributed by atoms with Gasteiger partial charge >= 0.3 is 5.97 Å². The molecule has 0 aromatic heterocycles. The van der Waals surface area contributed by atoms with Crippen LogP contribution < -0.4 is 4.90 Å². The number of aryl methyl sites for hydroxylation is 1. The van der Waals surface area contributed by atoms with E-state index in [1.807, 2.05) is 0 Å². The Morgan fingerprint density at radius 1 is 1.23 bits per heavy atom. The molecule has 2 heterocycles. The van der Waals surface area contributed by atoms with Crippen LogP contribution in [0.3, 0.4) is 0 Å². The summed E-state index contributed by atoms with van der Waals surface area (Å²) in [5.41, 5.74) is 4.47. The molecule has 0 unspecified atom stereocenters. The molecule has 1 aromatic carbocycles. The van der Waals surface area contributed by atoms with Crippen LogP contribution >= 0.6 is 0 Å². The third kappa shape index (κ3) is 3.82. The quantitative estimate of drug-likeness (QED) is 0.516. The van der Waals surface area contributed by atoms with Crippen molar-refractivity contribution in [1.82, 2.24) is 4.90 Å². The Kier molecular flexibility index (Phi) is 5.40. The largest absolute Gasteiger partial charge is 0.461 e. The summed E-state index contributed by atoms with van der Waals surface area (Å²) in [4.78, 5) is 17.9. The van der Waals surface area contributed by atoms with Crippen molar-refractivity contribution in [1.29, 1.82) is 0 Å². The van der Waals surface area contributed by atoms with Crippen molar-refractivity contribution < 1.29 is 9.53 Å². The van der Waals surface area contributed by atoms with E-state index in [4.69, 9.17) is 4.74 Å². The van der Waals surface area contributed by atoms with Crippen LogP contribution in [0.2, 0.25) is 0 Å². The van der Waals surface area contributed by atoms with Crippen molar-refractivity contribution in [3.05, 3.63) is 41.5 Å². The van der Waals surface area contributed by atoms with Crippen LogP contribution in [0.25, 0.3) is 0 Å². The Morgan fingerprint density at radius 2 is 2.06 bits per heavy atom. The summed E-state index contributed by atoms with van der Waals surface area (Å²) < 4.78 is 5.98. The van der Waals surface area contributed by atoms with Crippen molar-refractivity contribution in [2.24, 2.45) is 23.2 Å². The average molecular weight is 423 g/mol. The lowest BCUT2D eigenvalue weighted by Gasteiger charge is -2.46. The zero-order valence-corrected chi connectivity index (χ0v) is 19.6. The van der Waals surface area contributed by atoms with E-state index < -0.39 is 0 Å². The van der Waals surface area contributed by atoms with E-state index in [-0.39, 0.29) is 29.3 Å².